The van der Waals surface area contributed by atoms with Crippen LogP contribution in [0.5, 0.6) is 0 Å². The lowest BCUT2D eigenvalue weighted by Gasteiger charge is -2.18. The predicted octanol–water partition coefficient (Wildman–Crippen LogP) is 0.917. The average molecular weight is 278 g/mol. The quantitative estimate of drug-likeness (QED) is 0.583. The molecule has 0 aromatic heterocycles. The number of carboxylic acid groups (broad SMARTS) is 1. The van der Waals surface area contributed by atoms with Crippen molar-refractivity contribution >= 4 is 23.8 Å². The van der Waals surface area contributed by atoms with Crippen molar-refractivity contribution in [2.24, 2.45) is 0 Å². The molecule has 0 spiro atoms. The molecule has 0 bridgehead atoms. The Morgan fingerprint density at radius 3 is 2.50 bits per heavy atom. The number of carbonyl (C=O) groups excluding carboxylic acids is 1. The number of urea groups is 1. The van der Waals surface area contributed by atoms with E-state index >= 15 is 0 Å². The Hall–Kier alpha value is -0.950. The predicted molar refractivity (Wildman–Crippen MR) is 72.0 cm³/mol. The number of hydrogen-bond acceptors (Lipinski definition) is 4. The molecule has 0 radical (unpaired) electrons. The Balaban J connectivity index is 4.04. The molecule has 0 heterocycles. The highest BCUT2D eigenvalue weighted by molar-refractivity contribution is 7.98. The number of amides is 2. The molecule has 0 aromatic rings. The van der Waals surface area contributed by atoms with Crippen molar-refractivity contribution < 1.29 is 19.4 Å². The van der Waals surface area contributed by atoms with Gasteiger partial charge in [-0.1, -0.05) is 0 Å². The molecule has 0 fully saturated rings. The van der Waals surface area contributed by atoms with Crippen LogP contribution >= 0.6 is 11.8 Å². The molecule has 0 rings (SSSR count). The van der Waals surface area contributed by atoms with Crippen molar-refractivity contribution in [1.29, 1.82) is 0 Å². The maximum Gasteiger partial charge on any atom is 0.326 e. The first-order chi connectivity index (χ1) is 8.51. The lowest BCUT2D eigenvalue weighted by Crippen LogP contribution is -2.48. The van der Waals surface area contributed by atoms with Crippen LogP contribution in [0.2, 0.25) is 0 Å². The van der Waals surface area contributed by atoms with E-state index in [4.69, 9.17) is 9.84 Å². The normalized spacial score (nSPS) is 13.7. The van der Waals surface area contributed by atoms with Crippen molar-refractivity contribution in [3.8, 4) is 0 Å². The maximum atomic E-state index is 11.6. The molecular formula is C11H22N2O4S. The summed E-state index contributed by atoms with van der Waals surface area (Å²) in [4.78, 5) is 22.5. The van der Waals surface area contributed by atoms with Gasteiger partial charge in [0.25, 0.3) is 0 Å². The highest BCUT2D eigenvalue weighted by Gasteiger charge is 2.19. The van der Waals surface area contributed by atoms with Gasteiger partial charge >= 0.3 is 12.0 Å². The van der Waals surface area contributed by atoms with Crippen molar-refractivity contribution in [3.05, 3.63) is 0 Å². The fraction of sp³-hybridized carbons (Fsp3) is 0.818. The number of carbonyl (C=O) groups is 2. The largest absolute Gasteiger partial charge is 0.480 e. The summed E-state index contributed by atoms with van der Waals surface area (Å²) < 4.78 is 4.90. The first-order valence-electron chi connectivity index (χ1n) is 5.79. The van der Waals surface area contributed by atoms with Gasteiger partial charge in [0, 0.05) is 19.8 Å². The van der Waals surface area contributed by atoms with Gasteiger partial charge in [-0.05, 0) is 31.8 Å². The zero-order chi connectivity index (χ0) is 14.0. The molecule has 2 amide bonds. The highest BCUT2D eigenvalue weighted by Crippen LogP contribution is 2.01. The minimum atomic E-state index is -1.01. The summed E-state index contributed by atoms with van der Waals surface area (Å²) in [5, 5.41) is 14.1. The van der Waals surface area contributed by atoms with Gasteiger partial charge in [0.05, 0.1) is 0 Å². The molecule has 3 N–H and O–H groups in total. The number of carboxylic acids is 1. The van der Waals surface area contributed by atoms with Gasteiger partial charge in [0.2, 0.25) is 0 Å². The van der Waals surface area contributed by atoms with Crippen LogP contribution in [0.3, 0.4) is 0 Å². The van der Waals surface area contributed by atoms with E-state index in [2.05, 4.69) is 10.6 Å². The number of thioether (sulfide) groups is 1. The molecule has 2 atom stereocenters. The van der Waals surface area contributed by atoms with Gasteiger partial charge < -0.3 is 20.5 Å². The minimum Gasteiger partial charge on any atom is -0.480 e. The van der Waals surface area contributed by atoms with Gasteiger partial charge in [-0.2, -0.15) is 11.8 Å². The molecule has 0 aromatic carbocycles. The summed E-state index contributed by atoms with van der Waals surface area (Å²) >= 11 is 1.55. The third-order valence-corrected chi connectivity index (χ3v) is 2.99. The standard InChI is InChI=1S/C11H22N2O4S/c1-8(4-6-17-2)12-11(16)13-9(10(14)15)5-7-18-3/h8-9H,4-7H2,1-3H3,(H,14,15)(H2,12,13,16)/t8?,9-/m1/s1. The third kappa shape index (κ3) is 8.19. The molecule has 0 aliphatic rings. The van der Waals surface area contributed by atoms with Crippen LogP contribution in [-0.4, -0.2) is 54.9 Å². The van der Waals surface area contributed by atoms with Gasteiger partial charge in [-0.15, -0.1) is 0 Å². The molecule has 7 heteroatoms. The molecule has 6 nitrogen and oxygen atoms in total. The lowest BCUT2D eigenvalue weighted by molar-refractivity contribution is -0.139. The van der Waals surface area contributed by atoms with Gasteiger partial charge in [0.15, 0.2) is 0 Å². The molecule has 0 aliphatic carbocycles. The van der Waals surface area contributed by atoms with Crippen molar-refractivity contribution in [1.82, 2.24) is 10.6 Å². The van der Waals surface area contributed by atoms with E-state index in [0.29, 0.717) is 25.2 Å². The van der Waals surface area contributed by atoms with Gasteiger partial charge in [-0.3, -0.25) is 0 Å². The number of ether oxygens (including phenoxy) is 1. The molecule has 0 aliphatic heterocycles. The monoisotopic (exact) mass is 278 g/mol. The molecule has 1 unspecified atom stereocenters. The van der Waals surface area contributed by atoms with Crippen LogP contribution in [-0.2, 0) is 9.53 Å². The molecule has 18 heavy (non-hydrogen) atoms. The second-order valence-electron chi connectivity index (χ2n) is 3.97. The van der Waals surface area contributed by atoms with Crippen LogP contribution in [0.15, 0.2) is 0 Å². The van der Waals surface area contributed by atoms with E-state index in [1.165, 1.54) is 0 Å². The van der Waals surface area contributed by atoms with Crippen molar-refractivity contribution in [2.45, 2.75) is 31.8 Å². The summed E-state index contributed by atoms with van der Waals surface area (Å²) in [5.41, 5.74) is 0. The molecule has 0 saturated heterocycles. The van der Waals surface area contributed by atoms with E-state index in [9.17, 15) is 9.59 Å². The van der Waals surface area contributed by atoms with E-state index in [-0.39, 0.29) is 6.04 Å². The lowest BCUT2D eigenvalue weighted by atomic mass is 10.2. The Morgan fingerprint density at radius 2 is 2.00 bits per heavy atom. The zero-order valence-corrected chi connectivity index (χ0v) is 11.9. The SMILES string of the molecule is COCCC(C)NC(=O)N[C@H](CCSC)C(=O)O. The first-order valence-corrected chi connectivity index (χ1v) is 7.18. The van der Waals surface area contributed by atoms with Crippen LogP contribution in [0.1, 0.15) is 19.8 Å². The highest BCUT2D eigenvalue weighted by atomic mass is 32.2. The molecular weight excluding hydrogens is 256 g/mol. The second kappa shape index (κ2) is 10.0. The summed E-state index contributed by atoms with van der Waals surface area (Å²) in [6.45, 7) is 2.40. The topological polar surface area (TPSA) is 87.7 Å². The van der Waals surface area contributed by atoms with E-state index < -0.39 is 18.0 Å². The second-order valence-corrected chi connectivity index (χ2v) is 4.96. The smallest absolute Gasteiger partial charge is 0.326 e. The average Bonchev–Trinajstić information content (AvgIpc) is 2.31. The number of nitrogens with one attached hydrogen (secondary N) is 2. The number of methoxy groups -OCH3 is 1. The van der Waals surface area contributed by atoms with Crippen molar-refractivity contribution in [2.75, 3.05) is 25.7 Å². The van der Waals surface area contributed by atoms with Crippen LogP contribution in [0.4, 0.5) is 4.79 Å². The summed E-state index contributed by atoms with van der Waals surface area (Å²) in [6, 6.07) is -1.35. The zero-order valence-electron chi connectivity index (χ0n) is 11.1. The Morgan fingerprint density at radius 1 is 1.33 bits per heavy atom. The van der Waals surface area contributed by atoms with Crippen molar-refractivity contribution in [3.63, 3.8) is 0 Å². The fourth-order valence-electron chi connectivity index (χ4n) is 1.28. The van der Waals surface area contributed by atoms with E-state index in [0.717, 1.165) is 0 Å². The maximum absolute atomic E-state index is 11.6. The van der Waals surface area contributed by atoms with Crippen LogP contribution < -0.4 is 10.6 Å². The van der Waals surface area contributed by atoms with E-state index in [1.54, 1.807) is 18.9 Å². The summed E-state index contributed by atoms with van der Waals surface area (Å²) in [6.07, 6.45) is 2.99. The first kappa shape index (κ1) is 17.1. The third-order valence-electron chi connectivity index (χ3n) is 2.35. The van der Waals surface area contributed by atoms with Gasteiger partial charge in [0.1, 0.15) is 6.04 Å². The Bertz CT molecular complexity index is 263. The molecule has 106 valence electrons. The Kier molecular flexibility index (Phi) is 9.49. The summed E-state index contributed by atoms with van der Waals surface area (Å²) in [7, 11) is 1.59. The number of aliphatic carboxylic acids is 1. The minimum absolute atomic E-state index is 0.0556. The van der Waals surface area contributed by atoms with Gasteiger partial charge in [-0.25, -0.2) is 9.59 Å². The number of rotatable bonds is 9. The summed E-state index contributed by atoms with van der Waals surface area (Å²) in [5.74, 6) is -0.319. The fourth-order valence-corrected chi connectivity index (χ4v) is 1.75. The van der Waals surface area contributed by atoms with E-state index in [1.807, 2.05) is 13.2 Å². The Labute approximate surface area is 112 Å². The van der Waals surface area contributed by atoms with Crippen LogP contribution in [0.25, 0.3) is 0 Å². The van der Waals surface area contributed by atoms with Crippen LogP contribution in [0, 0.1) is 0 Å². The molecule has 0 saturated carbocycles. The number of hydrogen-bond donors (Lipinski definition) is 3.